The number of aromatic carboxylic acids is 1. The molecule has 0 amide bonds. The van der Waals surface area contributed by atoms with Crippen molar-refractivity contribution in [1.82, 2.24) is 0 Å². The Bertz CT molecular complexity index is 1340. The maximum absolute atomic E-state index is 11.3. The van der Waals surface area contributed by atoms with Crippen molar-refractivity contribution in [3.05, 3.63) is 111 Å². The number of aliphatic hydroxyl groups is 1. The van der Waals surface area contributed by atoms with Gasteiger partial charge in [-0.05, 0) is 87.9 Å². The van der Waals surface area contributed by atoms with Crippen molar-refractivity contribution < 1.29 is 15.0 Å². The maximum Gasteiger partial charge on any atom is 0.335 e. The lowest BCUT2D eigenvalue weighted by Gasteiger charge is -2.44. The second-order valence-electron chi connectivity index (χ2n) is 13.0. The highest BCUT2D eigenvalue weighted by atomic mass is 16.4. The van der Waals surface area contributed by atoms with Gasteiger partial charge in [0.15, 0.2) is 0 Å². The smallest absolute Gasteiger partial charge is 0.335 e. The first-order valence-electron chi connectivity index (χ1n) is 13.6. The van der Waals surface area contributed by atoms with Gasteiger partial charge >= 0.3 is 5.97 Å². The van der Waals surface area contributed by atoms with Gasteiger partial charge in [-0.25, -0.2) is 4.79 Å². The van der Waals surface area contributed by atoms with Gasteiger partial charge in [-0.2, -0.15) is 0 Å². The molecule has 1 aliphatic rings. The number of carbonyl (C=O) groups is 1. The van der Waals surface area contributed by atoms with Gasteiger partial charge in [-0.3, -0.25) is 0 Å². The number of hydrogen-bond acceptors (Lipinski definition) is 2. The van der Waals surface area contributed by atoms with Crippen LogP contribution in [0.1, 0.15) is 110 Å². The quantitative estimate of drug-likeness (QED) is 0.336. The van der Waals surface area contributed by atoms with E-state index in [2.05, 4.69) is 84.9 Å². The third kappa shape index (κ3) is 5.78. The summed E-state index contributed by atoms with van der Waals surface area (Å²) in [6, 6.07) is 20.0. The summed E-state index contributed by atoms with van der Waals surface area (Å²) in [6.45, 7) is 16.1. The lowest BCUT2D eigenvalue weighted by molar-refractivity contribution is 0.0697. The van der Waals surface area contributed by atoms with E-state index in [0.29, 0.717) is 0 Å². The van der Waals surface area contributed by atoms with Gasteiger partial charge in [-0.15, -0.1) is 0 Å². The second-order valence-corrected chi connectivity index (χ2v) is 13.0. The lowest BCUT2D eigenvalue weighted by Crippen LogP contribution is -2.36. The molecule has 0 aliphatic heterocycles. The molecule has 4 rings (SSSR count). The van der Waals surface area contributed by atoms with Crippen LogP contribution in [0.2, 0.25) is 0 Å². The van der Waals surface area contributed by atoms with Crippen molar-refractivity contribution in [1.29, 1.82) is 0 Å². The highest BCUT2D eigenvalue weighted by Gasteiger charge is 2.40. The molecule has 1 atom stereocenters. The Balaban J connectivity index is 1.76. The van der Waals surface area contributed by atoms with Crippen LogP contribution >= 0.6 is 0 Å². The van der Waals surface area contributed by atoms with Crippen LogP contribution in [0.15, 0.2) is 66.7 Å². The molecular weight excluding hydrogens is 468 g/mol. The Morgan fingerprint density at radius 1 is 0.947 bits per heavy atom. The molecular formula is C35H42O3. The van der Waals surface area contributed by atoms with Crippen molar-refractivity contribution in [2.45, 2.75) is 90.1 Å². The van der Waals surface area contributed by atoms with Crippen LogP contribution < -0.4 is 0 Å². The molecule has 0 saturated heterocycles. The molecule has 0 heterocycles. The number of aryl methyl sites for hydroxylation is 1. The third-order valence-electron chi connectivity index (χ3n) is 8.46. The Morgan fingerprint density at radius 3 is 2.16 bits per heavy atom. The zero-order valence-corrected chi connectivity index (χ0v) is 23.9. The molecule has 1 aliphatic carbocycles. The van der Waals surface area contributed by atoms with Crippen molar-refractivity contribution in [3.8, 4) is 0 Å². The van der Waals surface area contributed by atoms with Crippen molar-refractivity contribution >= 4 is 12.0 Å². The topological polar surface area (TPSA) is 57.5 Å². The molecule has 200 valence electrons. The zero-order chi connectivity index (χ0) is 27.9. The number of fused-ring (bicyclic) bond motifs is 1. The molecule has 3 aromatic rings. The number of rotatable bonds is 7. The average molecular weight is 511 g/mol. The molecule has 3 nitrogen and oxygen atoms in total. The first kappa shape index (κ1) is 27.9. The van der Waals surface area contributed by atoms with Gasteiger partial charge in [0, 0.05) is 0 Å². The molecule has 3 aromatic carbocycles. The van der Waals surface area contributed by atoms with Crippen LogP contribution in [0.25, 0.3) is 6.08 Å². The van der Waals surface area contributed by atoms with Gasteiger partial charge in [0.25, 0.3) is 0 Å². The van der Waals surface area contributed by atoms with E-state index in [0.717, 1.165) is 30.4 Å². The fraction of sp³-hybridized carbons (Fsp3) is 0.400. The van der Waals surface area contributed by atoms with Gasteiger partial charge in [0.2, 0.25) is 0 Å². The van der Waals surface area contributed by atoms with E-state index in [9.17, 15) is 9.90 Å². The van der Waals surface area contributed by atoms with E-state index in [1.807, 2.05) is 6.08 Å². The monoisotopic (exact) mass is 510 g/mol. The van der Waals surface area contributed by atoms with E-state index in [4.69, 9.17) is 5.11 Å². The Labute approximate surface area is 228 Å². The Hall–Kier alpha value is -3.17. The number of carboxylic acids is 1. The lowest BCUT2D eigenvalue weighted by atomic mass is 9.60. The minimum absolute atomic E-state index is 0.0275. The molecule has 0 aromatic heterocycles. The summed E-state index contributed by atoms with van der Waals surface area (Å²) in [6.07, 6.45) is 6.03. The molecule has 38 heavy (non-hydrogen) atoms. The fourth-order valence-electron chi connectivity index (χ4n) is 5.89. The molecule has 3 heteroatoms. The van der Waals surface area contributed by atoms with Crippen molar-refractivity contribution in [2.24, 2.45) is 0 Å². The van der Waals surface area contributed by atoms with E-state index in [-0.39, 0.29) is 21.8 Å². The summed E-state index contributed by atoms with van der Waals surface area (Å²) < 4.78 is 0. The maximum atomic E-state index is 11.3. The van der Waals surface area contributed by atoms with Crippen LogP contribution in [0.5, 0.6) is 0 Å². The average Bonchev–Trinajstić information content (AvgIpc) is 2.85. The summed E-state index contributed by atoms with van der Waals surface area (Å²) in [5.41, 5.74) is 8.73. The second kappa shape index (κ2) is 10.2. The third-order valence-corrected chi connectivity index (χ3v) is 8.46. The van der Waals surface area contributed by atoms with Crippen LogP contribution in [0.4, 0.5) is 0 Å². The van der Waals surface area contributed by atoms with Gasteiger partial charge in [0.05, 0.1) is 11.7 Å². The molecule has 0 saturated carbocycles. The Kier molecular flexibility index (Phi) is 7.47. The van der Waals surface area contributed by atoms with E-state index >= 15 is 0 Å². The molecule has 2 N–H and O–H groups in total. The summed E-state index contributed by atoms with van der Waals surface area (Å²) in [5, 5.41) is 20.5. The van der Waals surface area contributed by atoms with Crippen LogP contribution in [0.3, 0.4) is 0 Å². The summed E-state index contributed by atoms with van der Waals surface area (Å²) >= 11 is 0. The Morgan fingerprint density at radius 2 is 1.55 bits per heavy atom. The van der Waals surface area contributed by atoms with Crippen molar-refractivity contribution in [2.75, 3.05) is 0 Å². The molecule has 1 unspecified atom stereocenters. The largest absolute Gasteiger partial charge is 0.478 e. The zero-order valence-electron chi connectivity index (χ0n) is 23.9. The molecule has 0 fully saturated rings. The molecule has 0 bridgehead atoms. The van der Waals surface area contributed by atoms with E-state index < -0.39 is 12.1 Å². The predicted octanol–water partition coefficient (Wildman–Crippen LogP) is 8.31. The first-order valence-corrected chi connectivity index (χ1v) is 13.6. The SMILES string of the molecule is Cc1ccc(C(C)(C)Cc2cc(C(O)C=Cc3ccc(C(=O)O)cc3)cc3c2C(C)(C)CCC3(C)C)cc1. The van der Waals surface area contributed by atoms with Crippen LogP contribution in [-0.2, 0) is 22.7 Å². The minimum atomic E-state index is -0.943. The number of carboxylic acid groups (broad SMARTS) is 1. The summed E-state index contributed by atoms with van der Waals surface area (Å²) in [5.74, 6) is -0.943. The van der Waals surface area contributed by atoms with E-state index in [1.54, 1.807) is 30.3 Å². The number of aliphatic hydroxyl groups excluding tert-OH is 1. The number of hydrogen-bond donors (Lipinski definition) is 2. The minimum Gasteiger partial charge on any atom is -0.478 e. The van der Waals surface area contributed by atoms with Crippen LogP contribution in [-0.4, -0.2) is 16.2 Å². The van der Waals surface area contributed by atoms with Gasteiger partial charge in [0.1, 0.15) is 0 Å². The number of benzene rings is 3. The highest BCUT2D eigenvalue weighted by molar-refractivity contribution is 5.87. The van der Waals surface area contributed by atoms with Gasteiger partial charge < -0.3 is 10.2 Å². The van der Waals surface area contributed by atoms with Gasteiger partial charge in [-0.1, -0.05) is 108 Å². The summed E-state index contributed by atoms with van der Waals surface area (Å²) in [4.78, 5) is 11.2. The first-order chi connectivity index (χ1) is 17.7. The van der Waals surface area contributed by atoms with E-state index in [1.165, 1.54) is 27.8 Å². The molecule has 0 spiro atoms. The highest BCUT2D eigenvalue weighted by Crippen LogP contribution is 2.49. The van der Waals surface area contributed by atoms with Crippen molar-refractivity contribution in [3.63, 3.8) is 0 Å². The summed E-state index contributed by atoms with van der Waals surface area (Å²) in [7, 11) is 0. The normalized spacial score (nSPS) is 17.3. The standard InChI is InChI=1S/C35H42O3/c1-23-8-15-28(16-9-23)35(6,7)22-27-20-26(21-29-31(27)34(4,5)19-18-33(29,2)3)30(36)17-12-24-10-13-25(14-11-24)32(37)38/h8-17,20-21,30,36H,18-19,22H2,1-7H3,(H,37,38). The fourth-order valence-corrected chi connectivity index (χ4v) is 5.89. The predicted molar refractivity (Wildman–Crippen MR) is 157 cm³/mol. The molecule has 0 radical (unpaired) electrons. The van der Waals surface area contributed by atoms with Crippen LogP contribution in [0, 0.1) is 6.92 Å².